The molecule has 1 saturated heterocycles. The second-order valence-corrected chi connectivity index (χ2v) is 8.75. The second kappa shape index (κ2) is 11.0. The zero-order valence-corrected chi connectivity index (χ0v) is 20.0. The van der Waals surface area contributed by atoms with E-state index in [1.807, 2.05) is 30.3 Å². The molecule has 0 aliphatic carbocycles. The van der Waals surface area contributed by atoms with E-state index in [-0.39, 0.29) is 12.0 Å². The van der Waals surface area contributed by atoms with Gasteiger partial charge in [0.25, 0.3) is 11.5 Å². The predicted molar refractivity (Wildman–Crippen MR) is 122 cm³/mol. The Hall–Kier alpha value is -3.89. The van der Waals surface area contributed by atoms with Crippen LogP contribution in [0, 0.1) is 11.8 Å². The largest absolute Gasteiger partial charge is 0.463 e. The van der Waals surface area contributed by atoms with Crippen LogP contribution in [0.15, 0.2) is 41.3 Å². The number of carbonyl (C=O) groups is 4. The lowest BCUT2D eigenvalue weighted by molar-refractivity contribution is -0.176. The highest BCUT2D eigenvalue weighted by atomic mass is 16.6. The number of amides is 1. The number of H-pyrrole nitrogens is 1. The Labute approximate surface area is 201 Å². The van der Waals surface area contributed by atoms with Crippen LogP contribution < -0.4 is 10.9 Å². The lowest BCUT2D eigenvalue weighted by Crippen LogP contribution is -2.47. The van der Waals surface area contributed by atoms with Gasteiger partial charge < -0.3 is 19.5 Å². The Morgan fingerprint density at radius 3 is 2.46 bits per heavy atom. The Kier molecular flexibility index (Phi) is 8.10. The van der Waals surface area contributed by atoms with Gasteiger partial charge in [0.15, 0.2) is 12.1 Å². The summed E-state index contributed by atoms with van der Waals surface area (Å²) in [5.74, 6) is -4.44. The van der Waals surface area contributed by atoms with Crippen molar-refractivity contribution < 1.29 is 33.4 Å². The minimum absolute atomic E-state index is 0.175. The molecule has 0 spiro atoms. The standard InChI is InChI=1S/C24H29N3O8/c1-13(2)22(30)35-19-14(3)34-24(32)18(25-20(28)17-11-27(4)26-21(17)29)12-33-23(31)16(19)10-15-8-6-5-7-9-15/h5-9,11,13-14,16,18-19H,10,12H2,1-4H3,(H,25,28)(H,26,29)/t14-,16+,18?,19?/m0/s1. The van der Waals surface area contributed by atoms with Crippen LogP contribution in [0.3, 0.4) is 0 Å². The van der Waals surface area contributed by atoms with Crippen LogP contribution in [-0.4, -0.2) is 58.5 Å². The number of ether oxygens (including phenoxy) is 3. The van der Waals surface area contributed by atoms with E-state index in [0.717, 1.165) is 5.56 Å². The quantitative estimate of drug-likeness (QED) is 0.448. The summed E-state index contributed by atoms with van der Waals surface area (Å²) in [5, 5.41) is 4.78. The molecule has 1 aliphatic heterocycles. The molecule has 0 bridgehead atoms. The van der Waals surface area contributed by atoms with Crippen molar-refractivity contribution in [1.82, 2.24) is 15.1 Å². The van der Waals surface area contributed by atoms with Crippen LogP contribution in [0.4, 0.5) is 0 Å². The highest BCUT2D eigenvalue weighted by molar-refractivity contribution is 5.96. The van der Waals surface area contributed by atoms with Crippen molar-refractivity contribution in [3.8, 4) is 0 Å². The summed E-state index contributed by atoms with van der Waals surface area (Å²) in [6, 6.07) is 7.72. The third kappa shape index (κ3) is 6.37. The third-order valence-electron chi connectivity index (χ3n) is 5.56. The van der Waals surface area contributed by atoms with Crippen molar-refractivity contribution in [1.29, 1.82) is 0 Å². The molecule has 0 radical (unpaired) electrons. The van der Waals surface area contributed by atoms with E-state index in [1.54, 1.807) is 13.8 Å². The lowest BCUT2D eigenvalue weighted by Gasteiger charge is -2.29. The fraction of sp³-hybridized carbons (Fsp3) is 0.458. The minimum atomic E-state index is -1.37. The summed E-state index contributed by atoms with van der Waals surface area (Å²) in [6.45, 7) is 4.29. The van der Waals surface area contributed by atoms with Crippen LogP contribution in [0.1, 0.15) is 36.7 Å². The molecule has 1 aromatic carbocycles. The maximum absolute atomic E-state index is 13.1. The highest BCUT2D eigenvalue weighted by Crippen LogP contribution is 2.24. The van der Waals surface area contributed by atoms with E-state index in [1.165, 1.54) is 24.9 Å². The monoisotopic (exact) mass is 487 g/mol. The number of hydrogen-bond donors (Lipinski definition) is 2. The summed E-state index contributed by atoms with van der Waals surface area (Å²) in [6.07, 6.45) is -0.699. The SMILES string of the molecule is CC(C)C(=O)OC1[C@H](C)OC(=O)C(NC(=O)c2cn(C)[nH]c2=O)COC(=O)[C@@H]1Cc1ccccc1. The number of rotatable bonds is 6. The summed E-state index contributed by atoms with van der Waals surface area (Å²) in [5.41, 5.74) is -0.0633. The van der Waals surface area contributed by atoms with Crippen LogP contribution in [-0.2, 0) is 42.1 Å². The summed E-state index contributed by atoms with van der Waals surface area (Å²) in [7, 11) is 1.53. The molecule has 2 unspecified atom stereocenters. The molecule has 3 rings (SSSR count). The molecule has 11 heteroatoms. The number of nitrogens with zero attached hydrogens (tertiary/aromatic N) is 1. The molecule has 35 heavy (non-hydrogen) atoms. The molecule has 11 nitrogen and oxygen atoms in total. The Morgan fingerprint density at radius 2 is 1.86 bits per heavy atom. The fourth-order valence-corrected chi connectivity index (χ4v) is 3.65. The molecule has 4 atom stereocenters. The van der Waals surface area contributed by atoms with E-state index < -0.39 is 66.1 Å². The van der Waals surface area contributed by atoms with Gasteiger partial charge in [-0.3, -0.25) is 29.0 Å². The predicted octanol–water partition coefficient (Wildman–Crippen LogP) is 0.727. The first-order valence-electron chi connectivity index (χ1n) is 11.2. The first kappa shape index (κ1) is 25.7. The number of nitrogens with one attached hydrogen (secondary N) is 2. The number of hydrogen-bond acceptors (Lipinski definition) is 8. The van der Waals surface area contributed by atoms with Gasteiger partial charge >= 0.3 is 17.9 Å². The van der Waals surface area contributed by atoms with Crippen LogP contribution in [0.5, 0.6) is 0 Å². The Morgan fingerprint density at radius 1 is 1.17 bits per heavy atom. The number of aryl methyl sites for hydroxylation is 1. The third-order valence-corrected chi connectivity index (χ3v) is 5.56. The van der Waals surface area contributed by atoms with Crippen molar-refractivity contribution in [2.75, 3.05) is 6.61 Å². The molecule has 1 amide bonds. The van der Waals surface area contributed by atoms with Gasteiger partial charge in [0.05, 0.1) is 5.92 Å². The van der Waals surface area contributed by atoms with Gasteiger partial charge in [0.1, 0.15) is 24.2 Å². The normalized spacial score (nSPS) is 22.9. The second-order valence-electron chi connectivity index (χ2n) is 8.75. The van der Waals surface area contributed by atoms with E-state index in [9.17, 15) is 24.0 Å². The Bertz CT molecular complexity index is 1140. The number of cyclic esters (lactones) is 2. The average Bonchev–Trinajstić information content (AvgIpc) is 3.17. The first-order chi connectivity index (χ1) is 16.6. The fourth-order valence-electron chi connectivity index (χ4n) is 3.65. The van der Waals surface area contributed by atoms with Gasteiger partial charge in [-0.05, 0) is 18.9 Å². The number of benzene rings is 1. The molecule has 2 heterocycles. The summed E-state index contributed by atoms with van der Waals surface area (Å²) < 4.78 is 17.8. The topological polar surface area (TPSA) is 146 Å². The molecule has 2 N–H and O–H groups in total. The lowest BCUT2D eigenvalue weighted by atomic mass is 9.91. The smallest absolute Gasteiger partial charge is 0.332 e. The molecular weight excluding hydrogens is 458 g/mol. The molecule has 1 aliphatic rings. The summed E-state index contributed by atoms with van der Waals surface area (Å²) >= 11 is 0. The minimum Gasteiger partial charge on any atom is -0.463 e. The molecule has 1 aromatic heterocycles. The van der Waals surface area contributed by atoms with Crippen LogP contribution >= 0.6 is 0 Å². The molecular formula is C24H29N3O8. The van der Waals surface area contributed by atoms with Crippen LogP contribution in [0.2, 0.25) is 0 Å². The van der Waals surface area contributed by atoms with E-state index >= 15 is 0 Å². The van der Waals surface area contributed by atoms with Gasteiger partial charge in [-0.1, -0.05) is 44.2 Å². The van der Waals surface area contributed by atoms with Crippen molar-refractivity contribution in [3.63, 3.8) is 0 Å². The maximum atomic E-state index is 13.1. The zero-order chi connectivity index (χ0) is 25.7. The Balaban J connectivity index is 1.87. The number of aromatic nitrogens is 2. The molecule has 0 saturated carbocycles. The molecule has 1 fully saturated rings. The van der Waals surface area contributed by atoms with Crippen molar-refractivity contribution >= 4 is 23.8 Å². The average molecular weight is 488 g/mol. The van der Waals surface area contributed by atoms with Crippen molar-refractivity contribution in [2.24, 2.45) is 18.9 Å². The van der Waals surface area contributed by atoms with Gasteiger partial charge in [0.2, 0.25) is 0 Å². The number of carbonyl (C=O) groups excluding carboxylic acids is 4. The van der Waals surface area contributed by atoms with E-state index in [0.29, 0.717) is 0 Å². The first-order valence-corrected chi connectivity index (χ1v) is 11.2. The molecule has 188 valence electrons. The number of esters is 3. The van der Waals surface area contributed by atoms with E-state index in [4.69, 9.17) is 14.2 Å². The maximum Gasteiger partial charge on any atom is 0.332 e. The zero-order valence-electron chi connectivity index (χ0n) is 20.0. The van der Waals surface area contributed by atoms with Crippen molar-refractivity contribution in [3.05, 3.63) is 58.0 Å². The number of aromatic amines is 1. The van der Waals surface area contributed by atoms with Crippen LogP contribution in [0.25, 0.3) is 0 Å². The highest BCUT2D eigenvalue weighted by Gasteiger charge is 2.42. The van der Waals surface area contributed by atoms with Gasteiger partial charge in [0, 0.05) is 13.2 Å². The summed E-state index contributed by atoms with van der Waals surface area (Å²) in [4.78, 5) is 62.9. The van der Waals surface area contributed by atoms with Gasteiger partial charge in [-0.25, -0.2) is 4.79 Å². The van der Waals surface area contributed by atoms with Gasteiger partial charge in [-0.15, -0.1) is 0 Å². The van der Waals surface area contributed by atoms with Crippen molar-refractivity contribution in [2.45, 2.75) is 45.4 Å². The van der Waals surface area contributed by atoms with E-state index in [2.05, 4.69) is 10.4 Å². The van der Waals surface area contributed by atoms with Gasteiger partial charge in [-0.2, -0.15) is 0 Å². The molecule has 2 aromatic rings.